The second kappa shape index (κ2) is 8.10. The van der Waals surface area contributed by atoms with Gasteiger partial charge in [0.25, 0.3) is 5.69 Å². The van der Waals surface area contributed by atoms with Crippen LogP contribution < -0.4 is 4.74 Å². The topological polar surface area (TPSA) is 69.4 Å². The van der Waals surface area contributed by atoms with Gasteiger partial charge >= 0.3 is 5.97 Å². The second-order valence-corrected chi connectivity index (χ2v) is 7.33. The van der Waals surface area contributed by atoms with E-state index in [0.29, 0.717) is 17.5 Å². The van der Waals surface area contributed by atoms with E-state index in [2.05, 4.69) is 0 Å². The monoisotopic (exact) mass is 421 g/mol. The number of non-ortho nitro benzene ring substituents is 1. The fourth-order valence-corrected chi connectivity index (χ4v) is 3.86. The van der Waals surface area contributed by atoms with Crippen molar-refractivity contribution in [3.63, 3.8) is 0 Å². The van der Waals surface area contributed by atoms with Crippen molar-refractivity contribution in [3.8, 4) is 5.75 Å². The number of rotatable bonds is 6. The summed E-state index contributed by atoms with van der Waals surface area (Å²) in [5.41, 5.74) is 0.671. The molecule has 1 fully saturated rings. The summed E-state index contributed by atoms with van der Waals surface area (Å²) in [5.74, 6) is -1.40. The van der Waals surface area contributed by atoms with E-state index < -0.39 is 16.3 Å². The molecule has 1 aliphatic carbocycles. The molecule has 0 unspecified atom stereocenters. The van der Waals surface area contributed by atoms with E-state index in [4.69, 9.17) is 4.74 Å². The van der Waals surface area contributed by atoms with Gasteiger partial charge in [0.2, 0.25) is 0 Å². The summed E-state index contributed by atoms with van der Waals surface area (Å²) in [6, 6.07) is 17.5. The molecule has 3 aromatic rings. The third-order valence-electron chi connectivity index (χ3n) is 5.42. The number of carbonyl (C=O) groups excluding carboxylic acids is 1. The number of benzene rings is 3. The van der Waals surface area contributed by atoms with E-state index in [-0.39, 0.29) is 29.0 Å². The molecule has 0 N–H and O–H groups in total. The average Bonchev–Trinajstić information content (AvgIpc) is 3.48. The lowest BCUT2D eigenvalue weighted by Crippen LogP contribution is -2.13. The van der Waals surface area contributed by atoms with Crippen molar-refractivity contribution in [1.29, 1.82) is 0 Å². The Morgan fingerprint density at radius 1 is 1.00 bits per heavy atom. The van der Waals surface area contributed by atoms with Crippen LogP contribution >= 0.6 is 0 Å². The number of halogens is 2. The number of ether oxygens (including phenoxy) is 1. The summed E-state index contributed by atoms with van der Waals surface area (Å²) >= 11 is 0. The number of hydrogen-bond donors (Lipinski definition) is 0. The molecule has 7 heteroatoms. The van der Waals surface area contributed by atoms with Gasteiger partial charge in [-0.25, -0.2) is 13.6 Å². The van der Waals surface area contributed by atoms with Gasteiger partial charge in [0.05, 0.1) is 4.92 Å². The van der Waals surface area contributed by atoms with Crippen LogP contribution in [0.2, 0.25) is 0 Å². The highest BCUT2D eigenvalue weighted by atomic mass is 19.1. The van der Waals surface area contributed by atoms with E-state index >= 15 is 0 Å². The first-order chi connectivity index (χ1) is 14.9. The van der Waals surface area contributed by atoms with Crippen molar-refractivity contribution in [3.05, 3.63) is 118 Å². The molecule has 0 radical (unpaired) electrons. The van der Waals surface area contributed by atoms with Crippen LogP contribution in [0.25, 0.3) is 0 Å². The molecule has 0 spiro atoms. The summed E-state index contributed by atoms with van der Waals surface area (Å²) in [7, 11) is 0. The van der Waals surface area contributed by atoms with Gasteiger partial charge in [-0.1, -0.05) is 30.3 Å². The Kier molecular flexibility index (Phi) is 5.33. The summed E-state index contributed by atoms with van der Waals surface area (Å²) in [5, 5.41) is 10.7. The number of allylic oxidation sites excluding steroid dienone is 1. The number of carbonyl (C=O) groups is 1. The molecule has 0 saturated heterocycles. The van der Waals surface area contributed by atoms with Crippen LogP contribution in [0, 0.1) is 27.7 Å². The number of hydrogen-bond acceptors (Lipinski definition) is 4. The summed E-state index contributed by atoms with van der Waals surface area (Å²) < 4.78 is 32.9. The van der Waals surface area contributed by atoms with Crippen molar-refractivity contribution in [2.75, 3.05) is 0 Å². The minimum atomic E-state index is -0.645. The van der Waals surface area contributed by atoms with E-state index in [1.54, 1.807) is 30.3 Å². The van der Waals surface area contributed by atoms with Gasteiger partial charge in [-0.2, -0.15) is 0 Å². The van der Waals surface area contributed by atoms with Gasteiger partial charge in [0.1, 0.15) is 17.4 Å². The highest BCUT2D eigenvalue weighted by Gasteiger charge is 2.55. The fourth-order valence-electron chi connectivity index (χ4n) is 3.86. The van der Waals surface area contributed by atoms with Crippen LogP contribution in [0.3, 0.4) is 0 Å². The predicted octanol–water partition coefficient (Wildman–Crippen LogP) is 5.34. The van der Waals surface area contributed by atoms with E-state index in [0.717, 1.165) is 0 Å². The molecule has 3 aromatic carbocycles. The van der Waals surface area contributed by atoms with Crippen molar-refractivity contribution < 1.29 is 23.2 Å². The largest absolute Gasteiger partial charge is 0.423 e. The van der Waals surface area contributed by atoms with Gasteiger partial charge in [-0.05, 0) is 59.9 Å². The molecular weight excluding hydrogens is 404 g/mol. The number of nitro benzene ring substituents is 1. The lowest BCUT2D eigenvalue weighted by Gasteiger charge is -2.18. The van der Waals surface area contributed by atoms with E-state index in [9.17, 15) is 23.7 Å². The molecule has 0 heterocycles. The summed E-state index contributed by atoms with van der Waals surface area (Å²) in [6.45, 7) is 0. The van der Waals surface area contributed by atoms with Gasteiger partial charge in [-0.3, -0.25) is 10.1 Å². The molecule has 1 aliphatic rings. The number of nitro groups is 1. The second-order valence-electron chi connectivity index (χ2n) is 7.33. The van der Waals surface area contributed by atoms with Crippen molar-refractivity contribution in [2.24, 2.45) is 5.92 Å². The molecule has 0 aromatic heterocycles. The van der Waals surface area contributed by atoms with Gasteiger partial charge in [0.15, 0.2) is 0 Å². The zero-order valence-corrected chi connectivity index (χ0v) is 16.2. The maximum absolute atomic E-state index is 13.9. The molecule has 156 valence electrons. The third-order valence-corrected chi connectivity index (χ3v) is 5.42. The molecule has 1 saturated carbocycles. The lowest BCUT2D eigenvalue weighted by atomic mass is 9.85. The third kappa shape index (κ3) is 4.21. The Labute approximate surface area is 176 Å². The molecule has 1 atom stereocenters. The fraction of sp³-hybridized carbons (Fsp3) is 0.125. The first kappa shape index (κ1) is 20.4. The maximum Gasteiger partial charge on any atom is 0.335 e. The maximum atomic E-state index is 13.9. The zero-order chi connectivity index (χ0) is 22.0. The molecule has 31 heavy (non-hydrogen) atoms. The number of esters is 1. The molecular formula is C24H17F2NO4. The lowest BCUT2D eigenvalue weighted by molar-refractivity contribution is -0.384. The first-order valence-corrected chi connectivity index (χ1v) is 9.55. The van der Waals surface area contributed by atoms with Crippen LogP contribution in [-0.2, 0) is 10.2 Å². The first-order valence-electron chi connectivity index (χ1n) is 9.55. The molecule has 5 nitrogen and oxygen atoms in total. The molecule has 0 bridgehead atoms. The summed E-state index contributed by atoms with van der Waals surface area (Å²) in [6.07, 6.45) is 3.52. The van der Waals surface area contributed by atoms with Gasteiger partial charge in [0, 0.05) is 23.6 Å². The van der Waals surface area contributed by atoms with Crippen molar-refractivity contribution >= 4 is 11.7 Å². The quantitative estimate of drug-likeness (QED) is 0.177. The van der Waals surface area contributed by atoms with Crippen LogP contribution in [0.1, 0.15) is 17.5 Å². The van der Waals surface area contributed by atoms with Crippen LogP contribution in [0.5, 0.6) is 5.75 Å². The van der Waals surface area contributed by atoms with E-state index in [1.165, 1.54) is 54.6 Å². The Bertz CT molecular complexity index is 1130. The Morgan fingerprint density at radius 3 is 2.10 bits per heavy atom. The van der Waals surface area contributed by atoms with E-state index in [1.807, 2.05) is 0 Å². The normalized spacial score (nSPS) is 16.8. The molecule has 4 rings (SSSR count). The summed E-state index contributed by atoms with van der Waals surface area (Å²) in [4.78, 5) is 22.3. The minimum Gasteiger partial charge on any atom is -0.423 e. The SMILES string of the molecule is O=C(/C=C/[C@H]1CC1(c1cccc(F)c1)c1cccc(F)c1)Oc1ccc([N+](=O)[O-])cc1. The molecule has 0 aliphatic heterocycles. The highest BCUT2D eigenvalue weighted by Crippen LogP contribution is 2.59. The predicted molar refractivity (Wildman–Crippen MR) is 110 cm³/mol. The average molecular weight is 421 g/mol. The van der Waals surface area contributed by atoms with Crippen molar-refractivity contribution in [2.45, 2.75) is 11.8 Å². The zero-order valence-electron chi connectivity index (χ0n) is 16.2. The minimum absolute atomic E-state index is 0.108. The van der Waals surface area contributed by atoms with Gasteiger partial charge < -0.3 is 4.74 Å². The van der Waals surface area contributed by atoms with Crippen LogP contribution in [-0.4, -0.2) is 10.9 Å². The highest BCUT2D eigenvalue weighted by molar-refractivity contribution is 5.84. The smallest absolute Gasteiger partial charge is 0.335 e. The standard InChI is InChI=1S/C24H17F2NO4/c25-19-5-1-3-16(13-19)24(17-4-2-6-20(26)14-17)15-18(24)7-12-23(28)31-22-10-8-21(9-11-22)27(29)30/h1-14,18H,15H2/b12-7+/t18-/m0/s1. The van der Waals surface area contributed by atoms with Crippen LogP contribution in [0.4, 0.5) is 14.5 Å². The number of nitrogens with zero attached hydrogens (tertiary/aromatic N) is 1. The van der Waals surface area contributed by atoms with Crippen molar-refractivity contribution in [1.82, 2.24) is 0 Å². The molecule has 0 amide bonds. The van der Waals surface area contributed by atoms with Gasteiger partial charge in [-0.15, -0.1) is 0 Å². The Morgan fingerprint density at radius 2 is 1.58 bits per heavy atom. The Hall–Kier alpha value is -3.87. The van der Waals surface area contributed by atoms with Crippen LogP contribution in [0.15, 0.2) is 84.9 Å². The Balaban J connectivity index is 1.54.